The Kier molecular flexibility index (Phi) is 8.57. The van der Waals surface area contributed by atoms with E-state index in [-0.39, 0.29) is 27.9 Å². The number of hydrogen-bond donors (Lipinski definition) is 0. The molecular weight excluding hydrogens is 446 g/mol. The van der Waals surface area contributed by atoms with Gasteiger partial charge < -0.3 is 0 Å². The summed E-state index contributed by atoms with van der Waals surface area (Å²) in [5.41, 5.74) is 8.02. The van der Waals surface area contributed by atoms with Crippen LogP contribution in [0.4, 0.5) is 11.4 Å². The number of rotatable bonds is 4. The summed E-state index contributed by atoms with van der Waals surface area (Å²) in [5.74, 6) is 0. The maximum Gasteiger partial charge on any atom is 0.0849 e. The van der Waals surface area contributed by atoms with Gasteiger partial charge in [0.1, 0.15) is 0 Å². The average Bonchev–Trinajstić information content (AvgIpc) is 2.73. The predicted molar refractivity (Wildman–Crippen MR) is 138 cm³/mol. The molecule has 0 saturated carbocycles. The van der Waals surface area contributed by atoms with Crippen molar-refractivity contribution in [3.05, 3.63) is 89.2 Å². The number of aliphatic imine (C=N–C) groups is 2. The maximum absolute atomic E-state index is 4.94. The Balaban J connectivity index is 0.00000385. The first kappa shape index (κ1) is 26.7. The van der Waals surface area contributed by atoms with E-state index in [0.717, 1.165) is 34.2 Å². The minimum absolute atomic E-state index is 0. The van der Waals surface area contributed by atoms with E-state index in [1.54, 1.807) is 0 Å². The summed E-state index contributed by atoms with van der Waals surface area (Å²) in [6.07, 6.45) is 0. The fourth-order valence-electron chi connectivity index (χ4n) is 3.72. The fourth-order valence-corrected chi connectivity index (χ4v) is 3.72. The molecule has 0 N–H and O–H groups in total. The van der Waals surface area contributed by atoms with Crippen LogP contribution in [0.5, 0.6) is 0 Å². The summed E-state index contributed by atoms with van der Waals surface area (Å²) >= 11 is 0. The van der Waals surface area contributed by atoms with E-state index in [1.165, 1.54) is 11.1 Å². The quantitative estimate of drug-likeness (QED) is 0.275. The second-order valence-electron chi connectivity index (χ2n) is 10.3. The number of benzene rings is 2. The van der Waals surface area contributed by atoms with Gasteiger partial charge >= 0.3 is 0 Å². The number of hydrogen-bond acceptors (Lipinski definition) is 3. The predicted octanol–water partition coefficient (Wildman–Crippen LogP) is 7.96. The van der Waals surface area contributed by atoms with Crippen molar-refractivity contribution in [3.8, 4) is 0 Å². The van der Waals surface area contributed by atoms with Gasteiger partial charge in [-0.15, -0.1) is 0 Å². The van der Waals surface area contributed by atoms with Crippen LogP contribution in [0.15, 0.2) is 76.7 Å². The van der Waals surface area contributed by atoms with Gasteiger partial charge in [-0.3, -0.25) is 9.98 Å². The van der Waals surface area contributed by atoms with Crippen molar-refractivity contribution in [2.24, 2.45) is 9.98 Å². The molecule has 0 saturated heterocycles. The third-order valence-corrected chi connectivity index (χ3v) is 5.49. The molecule has 0 unspecified atom stereocenters. The van der Waals surface area contributed by atoms with E-state index in [2.05, 4.69) is 77.9 Å². The zero-order chi connectivity index (χ0) is 23.5. The van der Waals surface area contributed by atoms with Crippen molar-refractivity contribution >= 4 is 22.8 Å². The van der Waals surface area contributed by atoms with Crippen molar-refractivity contribution in [3.63, 3.8) is 0 Å². The summed E-state index contributed by atoms with van der Waals surface area (Å²) in [4.78, 5) is 14.8. The van der Waals surface area contributed by atoms with Crippen LogP contribution in [0.3, 0.4) is 0 Å². The Morgan fingerprint density at radius 2 is 0.939 bits per heavy atom. The summed E-state index contributed by atoms with van der Waals surface area (Å²) in [7, 11) is 0. The third kappa shape index (κ3) is 6.72. The molecule has 0 spiro atoms. The van der Waals surface area contributed by atoms with E-state index in [1.807, 2.05) is 44.2 Å². The monoisotopic (exact) mass is 481 g/mol. The minimum Gasteiger partial charge on any atom is -0.251 e. The molecule has 174 valence electrons. The van der Waals surface area contributed by atoms with E-state index in [9.17, 15) is 0 Å². The molecule has 0 aliphatic heterocycles. The van der Waals surface area contributed by atoms with Gasteiger partial charge in [0.15, 0.2) is 0 Å². The Labute approximate surface area is 210 Å². The Morgan fingerprint density at radius 3 is 1.30 bits per heavy atom. The largest absolute Gasteiger partial charge is 0.251 e. The van der Waals surface area contributed by atoms with Gasteiger partial charge in [-0.05, 0) is 60.1 Å². The molecule has 3 nitrogen and oxygen atoms in total. The van der Waals surface area contributed by atoms with Crippen LogP contribution in [0.25, 0.3) is 0 Å². The molecule has 0 bridgehead atoms. The van der Waals surface area contributed by atoms with Gasteiger partial charge in [-0.1, -0.05) is 84.0 Å². The van der Waals surface area contributed by atoms with Crippen LogP contribution in [-0.4, -0.2) is 16.4 Å². The second-order valence-corrected chi connectivity index (χ2v) is 10.3. The smallest absolute Gasteiger partial charge is 0.0849 e. The molecule has 0 atom stereocenters. The van der Waals surface area contributed by atoms with E-state index in [4.69, 9.17) is 15.0 Å². The molecule has 3 rings (SSSR count). The van der Waals surface area contributed by atoms with Gasteiger partial charge in [-0.2, -0.15) is 0 Å². The summed E-state index contributed by atoms with van der Waals surface area (Å²) in [6.45, 7) is 17.3. The van der Waals surface area contributed by atoms with Crippen LogP contribution < -0.4 is 0 Å². The molecule has 33 heavy (non-hydrogen) atoms. The molecule has 4 heteroatoms. The van der Waals surface area contributed by atoms with Gasteiger partial charge in [-0.25, -0.2) is 4.98 Å². The van der Waals surface area contributed by atoms with Gasteiger partial charge in [0.25, 0.3) is 0 Å². The molecule has 0 aliphatic carbocycles. The first-order chi connectivity index (χ1) is 15.0. The van der Waals surface area contributed by atoms with Gasteiger partial charge in [0.2, 0.25) is 0 Å². The Bertz CT molecular complexity index is 1070. The first-order valence-corrected chi connectivity index (χ1v) is 11.2. The number of nitrogens with zero attached hydrogens (tertiary/aromatic N) is 3. The zero-order valence-electron chi connectivity index (χ0n) is 21.0. The molecular formula is C29H35FeN3. The van der Waals surface area contributed by atoms with Crippen molar-refractivity contribution in [1.82, 2.24) is 4.98 Å². The zero-order valence-corrected chi connectivity index (χ0v) is 22.2. The minimum atomic E-state index is 0. The van der Waals surface area contributed by atoms with Crippen LogP contribution in [0.1, 0.15) is 77.9 Å². The molecule has 1 aromatic heterocycles. The third-order valence-electron chi connectivity index (χ3n) is 5.49. The van der Waals surface area contributed by atoms with Gasteiger partial charge in [0, 0.05) is 17.1 Å². The van der Waals surface area contributed by atoms with Gasteiger partial charge in [0.05, 0.1) is 34.2 Å². The van der Waals surface area contributed by atoms with Crippen molar-refractivity contribution in [2.45, 2.75) is 66.2 Å². The molecule has 0 fully saturated rings. The second kappa shape index (κ2) is 10.6. The Hall–Kier alpha value is -2.55. The van der Waals surface area contributed by atoms with Crippen LogP contribution >= 0.6 is 0 Å². The maximum atomic E-state index is 4.94. The molecule has 0 radical (unpaired) electrons. The van der Waals surface area contributed by atoms with Crippen LogP contribution in [-0.2, 0) is 27.9 Å². The summed E-state index contributed by atoms with van der Waals surface area (Å²) in [6, 6.07) is 22.7. The number of aromatic nitrogens is 1. The topological polar surface area (TPSA) is 37.6 Å². The summed E-state index contributed by atoms with van der Waals surface area (Å²) < 4.78 is 0. The van der Waals surface area contributed by atoms with Crippen molar-refractivity contribution < 1.29 is 17.1 Å². The number of para-hydroxylation sites is 2. The molecule has 2 aromatic carbocycles. The van der Waals surface area contributed by atoms with E-state index in [0.29, 0.717) is 0 Å². The molecule has 0 amide bonds. The normalized spacial score (nSPS) is 13.0. The van der Waals surface area contributed by atoms with Crippen LogP contribution in [0, 0.1) is 0 Å². The molecule has 0 aliphatic rings. The first-order valence-electron chi connectivity index (χ1n) is 11.2. The van der Waals surface area contributed by atoms with E-state index < -0.39 is 0 Å². The van der Waals surface area contributed by atoms with Crippen molar-refractivity contribution in [1.29, 1.82) is 0 Å². The molecule has 1 heterocycles. The van der Waals surface area contributed by atoms with Crippen molar-refractivity contribution in [2.75, 3.05) is 0 Å². The average molecular weight is 481 g/mol. The molecule has 3 aromatic rings. The van der Waals surface area contributed by atoms with E-state index >= 15 is 0 Å². The summed E-state index contributed by atoms with van der Waals surface area (Å²) in [5, 5.41) is 0. The van der Waals surface area contributed by atoms with Crippen LogP contribution in [0.2, 0.25) is 0 Å². The Morgan fingerprint density at radius 1 is 0.576 bits per heavy atom. The fraction of sp³-hybridized carbons (Fsp3) is 0.345. The standard InChI is InChI=1S/C29H35N3.Fe/c1-20(30-26-16-11-9-14-22(26)28(3,4)5)24-18-13-19-25(32-24)21(2)31-27-17-12-10-15-23(27)29(6,7)8;/h9-19H,1-8H3;. The number of pyridine rings is 1. The SMILES string of the molecule is CC(=Nc1ccccc1C(C)(C)C)c1cccc(C(C)=Nc2ccccc2C(C)(C)C)n1.[Fe].